The van der Waals surface area contributed by atoms with Gasteiger partial charge in [-0.1, -0.05) is 0 Å². The molecule has 0 aliphatic rings. The highest BCUT2D eigenvalue weighted by Gasteiger charge is 2.15. The second-order valence-corrected chi connectivity index (χ2v) is 4.67. The molecule has 0 saturated carbocycles. The largest absolute Gasteiger partial charge is 0.495 e. The molecule has 2 N–H and O–H groups in total. The van der Waals surface area contributed by atoms with Crippen LogP contribution < -0.4 is 15.4 Å². The predicted molar refractivity (Wildman–Crippen MR) is 81.6 cm³/mol. The maximum Gasteiger partial charge on any atom is 0.258 e. The lowest BCUT2D eigenvalue weighted by molar-refractivity contribution is -0.114. The van der Waals surface area contributed by atoms with Gasteiger partial charge in [-0.2, -0.15) is 0 Å². The zero-order chi connectivity index (χ0) is 17.0. The predicted octanol–water partition coefficient (Wildman–Crippen LogP) is 3.18. The van der Waals surface area contributed by atoms with E-state index in [-0.39, 0.29) is 17.2 Å². The van der Waals surface area contributed by atoms with E-state index in [2.05, 4.69) is 10.6 Å². The van der Waals surface area contributed by atoms with Crippen molar-refractivity contribution in [1.82, 2.24) is 0 Å². The number of carbonyl (C=O) groups excluding carboxylic acids is 2. The second kappa shape index (κ2) is 6.87. The van der Waals surface area contributed by atoms with Crippen LogP contribution in [0.1, 0.15) is 17.3 Å². The molecule has 7 heteroatoms. The Balaban J connectivity index is 2.30. The molecular formula is C16H14F2N2O3. The van der Waals surface area contributed by atoms with Crippen molar-refractivity contribution < 1.29 is 23.1 Å². The van der Waals surface area contributed by atoms with Gasteiger partial charge in [0.1, 0.15) is 17.4 Å². The molecule has 0 heterocycles. The van der Waals surface area contributed by atoms with E-state index in [4.69, 9.17) is 4.74 Å². The molecule has 0 aromatic heterocycles. The molecule has 0 aliphatic heterocycles. The van der Waals surface area contributed by atoms with Crippen LogP contribution in [0.5, 0.6) is 5.75 Å². The van der Waals surface area contributed by atoms with Crippen LogP contribution in [0.15, 0.2) is 36.4 Å². The zero-order valence-corrected chi connectivity index (χ0v) is 12.4. The lowest BCUT2D eigenvalue weighted by Crippen LogP contribution is -2.15. The third-order valence-corrected chi connectivity index (χ3v) is 2.94. The summed E-state index contributed by atoms with van der Waals surface area (Å²) in [6, 6.07) is 7.27. The van der Waals surface area contributed by atoms with Crippen molar-refractivity contribution in [1.29, 1.82) is 0 Å². The van der Waals surface area contributed by atoms with Crippen molar-refractivity contribution >= 4 is 23.2 Å². The zero-order valence-electron chi connectivity index (χ0n) is 12.4. The van der Waals surface area contributed by atoms with E-state index < -0.39 is 17.5 Å². The topological polar surface area (TPSA) is 67.4 Å². The number of amides is 2. The highest BCUT2D eigenvalue weighted by Crippen LogP contribution is 2.28. The van der Waals surface area contributed by atoms with E-state index >= 15 is 0 Å². The Hall–Kier alpha value is -2.96. The Bertz CT molecular complexity index is 763. The molecule has 0 saturated heterocycles. The summed E-state index contributed by atoms with van der Waals surface area (Å²) in [4.78, 5) is 23.2. The summed E-state index contributed by atoms with van der Waals surface area (Å²) in [6.07, 6.45) is 0. The Morgan fingerprint density at radius 3 is 2.39 bits per heavy atom. The average Bonchev–Trinajstić information content (AvgIpc) is 2.46. The Morgan fingerprint density at radius 1 is 1.04 bits per heavy atom. The molecule has 2 rings (SSSR count). The van der Waals surface area contributed by atoms with E-state index in [1.807, 2.05) is 0 Å². The quantitative estimate of drug-likeness (QED) is 0.909. The number of rotatable bonds is 4. The smallest absolute Gasteiger partial charge is 0.258 e. The summed E-state index contributed by atoms with van der Waals surface area (Å²) in [5.74, 6) is -2.46. The number of halogens is 2. The first-order chi connectivity index (χ1) is 10.9. The first-order valence-electron chi connectivity index (χ1n) is 6.62. The van der Waals surface area contributed by atoms with Crippen molar-refractivity contribution in [3.8, 4) is 5.75 Å². The standard InChI is InChI=1S/C16H14F2N2O3/c1-9(21)19-11-4-6-15(23-2)14(8-11)20-16(22)12-5-3-10(17)7-13(12)18/h3-8H,1-2H3,(H,19,21)(H,20,22). The Morgan fingerprint density at radius 2 is 1.78 bits per heavy atom. The van der Waals surface area contributed by atoms with Gasteiger partial charge >= 0.3 is 0 Å². The van der Waals surface area contributed by atoms with Crippen LogP contribution in [0, 0.1) is 11.6 Å². The van der Waals surface area contributed by atoms with Crippen molar-refractivity contribution in [3.05, 3.63) is 53.6 Å². The van der Waals surface area contributed by atoms with E-state index in [0.29, 0.717) is 17.5 Å². The minimum Gasteiger partial charge on any atom is -0.495 e. The first kappa shape index (κ1) is 16.4. The molecule has 5 nitrogen and oxygen atoms in total. The van der Waals surface area contributed by atoms with Crippen LogP contribution in [-0.2, 0) is 4.79 Å². The van der Waals surface area contributed by atoms with Crippen LogP contribution in [0.4, 0.5) is 20.2 Å². The number of hydrogen-bond acceptors (Lipinski definition) is 3. The maximum atomic E-state index is 13.6. The van der Waals surface area contributed by atoms with E-state index in [0.717, 1.165) is 12.1 Å². The number of benzene rings is 2. The van der Waals surface area contributed by atoms with Crippen LogP contribution in [0.3, 0.4) is 0 Å². The van der Waals surface area contributed by atoms with E-state index in [1.54, 1.807) is 12.1 Å². The van der Waals surface area contributed by atoms with Crippen molar-refractivity contribution in [2.75, 3.05) is 17.7 Å². The second-order valence-electron chi connectivity index (χ2n) is 4.67. The number of anilines is 2. The summed E-state index contributed by atoms with van der Waals surface area (Å²) in [6.45, 7) is 1.34. The van der Waals surface area contributed by atoms with Crippen molar-refractivity contribution in [2.45, 2.75) is 6.92 Å². The lowest BCUT2D eigenvalue weighted by atomic mass is 10.1. The molecule has 0 bridgehead atoms. The van der Waals surface area contributed by atoms with E-state index in [1.165, 1.54) is 20.1 Å². The molecule has 2 amide bonds. The summed E-state index contributed by atoms with van der Waals surface area (Å²) in [5, 5.41) is 5.03. The molecule has 0 aliphatic carbocycles. The van der Waals surface area contributed by atoms with Gasteiger partial charge in [0.2, 0.25) is 5.91 Å². The number of carbonyl (C=O) groups is 2. The molecule has 0 spiro atoms. The monoisotopic (exact) mass is 320 g/mol. The van der Waals surface area contributed by atoms with E-state index in [9.17, 15) is 18.4 Å². The van der Waals surface area contributed by atoms with Gasteiger partial charge in [-0.15, -0.1) is 0 Å². The van der Waals surface area contributed by atoms with Crippen LogP contribution in [0.2, 0.25) is 0 Å². The number of ether oxygens (including phenoxy) is 1. The molecule has 0 radical (unpaired) electrons. The molecule has 120 valence electrons. The Labute approximate surface area is 131 Å². The molecule has 0 unspecified atom stereocenters. The number of methoxy groups -OCH3 is 1. The van der Waals surface area contributed by atoms with Gasteiger partial charge < -0.3 is 15.4 Å². The fourth-order valence-corrected chi connectivity index (χ4v) is 1.95. The highest BCUT2D eigenvalue weighted by atomic mass is 19.1. The van der Waals surface area contributed by atoms with Crippen molar-refractivity contribution in [3.63, 3.8) is 0 Å². The van der Waals surface area contributed by atoms with Gasteiger partial charge in [0.15, 0.2) is 0 Å². The molecule has 23 heavy (non-hydrogen) atoms. The summed E-state index contributed by atoms with van der Waals surface area (Å²) < 4.78 is 31.7. The number of nitrogens with one attached hydrogen (secondary N) is 2. The summed E-state index contributed by atoms with van der Waals surface area (Å²) in [7, 11) is 1.40. The molecular weight excluding hydrogens is 306 g/mol. The van der Waals surface area contributed by atoms with Gasteiger partial charge in [-0.25, -0.2) is 8.78 Å². The van der Waals surface area contributed by atoms with Crippen LogP contribution >= 0.6 is 0 Å². The SMILES string of the molecule is COc1ccc(NC(C)=O)cc1NC(=O)c1ccc(F)cc1F. The molecule has 2 aromatic rings. The van der Waals surface area contributed by atoms with Gasteiger partial charge in [-0.3, -0.25) is 9.59 Å². The van der Waals surface area contributed by atoms with Crippen LogP contribution in [0.25, 0.3) is 0 Å². The van der Waals surface area contributed by atoms with Crippen molar-refractivity contribution in [2.24, 2.45) is 0 Å². The van der Waals surface area contributed by atoms with Gasteiger partial charge in [-0.05, 0) is 30.3 Å². The fraction of sp³-hybridized carbons (Fsp3) is 0.125. The molecule has 2 aromatic carbocycles. The molecule has 0 fully saturated rings. The summed E-state index contributed by atoms with van der Waals surface area (Å²) in [5.41, 5.74) is 0.374. The lowest BCUT2D eigenvalue weighted by Gasteiger charge is -2.12. The normalized spacial score (nSPS) is 10.1. The van der Waals surface area contributed by atoms with Crippen LogP contribution in [-0.4, -0.2) is 18.9 Å². The Kier molecular flexibility index (Phi) is 4.90. The summed E-state index contributed by atoms with van der Waals surface area (Å²) >= 11 is 0. The van der Waals surface area contributed by atoms with Gasteiger partial charge in [0.25, 0.3) is 5.91 Å². The fourth-order valence-electron chi connectivity index (χ4n) is 1.95. The minimum atomic E-state index is -0.973. The maximum absolute atomic E-state index is 13.6. The van der Waals surface area contributed by atoms with Gasteiger partial charge in [0.05, 0.1) is 18.4 Å². The minimum absolute atomic E-state index is 0.243. The third kappa shape index (κ3) is 4.03. The van der Waals surface area contributed by atoms with Gasteiger partial charge in [0, 0.05) is 18.7 Å². The molecule has 0 atom stereocenters. The first-order valence-corrected chi connectivity index (χ1v) is 6.62. The number of hydrogen-bond donors (Lipinski definition) is 2. The average molecular weight is 320 g/mol. The third-order valence-electron chi connectivity index (χ3n) is 2.94. The highest BCUT2D eigenvalue weighted by molar-refractivity contribution is 6.05.